The topological polar surface area (TPSA) is 62.7 Å². The molecule has 0 spiro atoms. The van der Waals surface area contributed by atoms with E-state index in [1.165, 1.54) is 0 Å². The first-order valence-electron chi connectivity index (χ1n) is 5.63. The van der Waals surface area contributed by atoms with Crippen LogP contribution in [-0.4, -0.2) is 31.3 Å². The Bertz CT molecular complexity index is 564. The average Bonchev–Trinajstić information content (AvgIpc) is 2.48. The number of ether oxygens (including phenoxy) is 4. The van der Waals surface area contributed by atoms with Crippen molar-refractivity contribution in [1.82, 2.24) is 9.97 Å². The summed E-state index contributed by atoms with van der Waals surface area (Å²) in [5.41, 5.74) is 0. The van der Waals surface area contributed by atoms with Crippen molar-refractivity contribution in [1.29, 1.82) is 0 Å². The molecule has 0 aliphatic heterocycles. The second kappa shape index (κ2) is 6.60. The largest absolute Gasteiger partial charge is 0.493 e. The van der Waals surface area contributed by atoms with E-state index in [1.807, 2.05) is 0 Å². The Morgan fingerprint density at radius 1 is 0.900 bits per heavy atom. The summed E-state index contributed by atoms with van der Waals surface area (Å²) < 4.78 is 22.2. The highest BCUT2D eigenvalue weighted by Gasteiger charge is 2.14. The quantitative estimate of drug-likeness (QED) is 0.735. The maximum absolute atomic E-state index is 5.58. The third kappa shape index (κ3) is 3.21. The summed E-state index contributed by atoms with van der Waals surface area (Å²) in [6, 6.07) is 3.62. The van der Waals surface area contributed by atoms with E-state index in [1.54, 1.807) is 45.9 Å². The number of aromatic nitrogens is 2. The van der Waals surface area contributed by atoms with Crippen LogP contribution < -0.4 is 18.9 Å². The van der Waals surface area contributed by atoms with Gasteiger partial charge in [-0.05, 0) is 22.6 Å². The van der Waals surface area contributed by atoms with Crippen LogP contribution in [0.15, 0.2) is 24.5 Å². The molecule has 106 valence electrons. The Kier molecular flexibility index (Phi) is 4.83. The molecule has 0 amide bonds. The van der Waals surface area contributed by atoms with E-state index in [4.69, 9.17) is 18.9 Å². The van der Waals surface area contributed by atoms with Crippen LogP contribution in [0, 0.1) is 3.57 Å². The molecule has 0 bridgehead atoms. The normalized spacial score (nSPS) is 10.0. The molecule has 0 aliphatic carbocycles. The molecule has 0 fully saturated rings. The molecular formula is C13H13IN2O4. The van der Waals surface area contributed by atoms with Crippen LogP contribution in [0.4, 0.5) is 0 Å². The fourth-order valence-electron chi connectivity index (χ4n) is 1.57. The van der Waals surface area contributed by atoms with E-state index in [0.29, 0.717) is 23.0 Å². The maximum atomic E-state index is 5.58. The van der Waals surface area contributed by atoms with E-state index in [0.717, 1.165) is 3.57 Å². The minimum Gasteiger partial charge on any atom is -0.493 e. The lowest BCUT2D eigenvalue weighted by Crippen LogP contribution is -1.97. The van der Waals surface area contributed by atoms with Gasteiger partial charge in [-0.25, -0.2) is 9.97 Å². The Morgan fingerprint density at radius 2 is 1.45 bits per heavy atom. The lowest BCUT2D eigenvalue weighted by Gasteiger charge is -2.13. The van der Waals surface area contributed by atoms with Crippen molar-refractivity contribution in [2.75, 3.05) is 21.3 Å². The monoisotopic (exact) mass is 388 g/mol. The van der Waals surface area contributed by atoms with Crippen molar-refractivity contribution < 1.29 is 18.9 Å². The van der Waals surface area contributed by atoms with Crippen molar-refractivity contribution in [2.24, 2.45) is 0 Å². The molecule has 0 atom stereocenters. The molecular weight excluding hydrogens is 375 g/mol. The number of nitrogens with zero attached hydrogens (tertiary/aromatic N) is 2. The van der Waals surface area contributed by atoms with Gasteiger partial charge in [0.15, 0.2) is 11.5 Å². The highest BCUT2D eigenvalue weighted by atomic mass is 127. The fraction of sp³-hybridized carbons (Fsp3) is 0.231. The molecule has 0 aliphatic rings. The Labute approximate surface area is 130 Å². The van der Waals surface area contributed by atoms with E-state index in [-0.39, 0.29) is 6.01 Å². The van der Waals surface area contributed by atoms with Gasteiger partial charge in [-0.2, -0.15) is 0 Å². The van der Waals surface area contributed by atoms with Crippen molar-refractivity contribution in [3.63, 3.8) is 0 Å². The minimum absolute atomic E-state index is 0.250. The molecule has 6 nitrogen and oxygen atoms in total. The van der Waals surface area contributed by atoms with Crippen LogP contribution in [0.2, 0.25) is 0 Å². The minimum atomic E-state index is 0.250. The zero-order valence-electron chi connectivity index (χ0n) is 11.2. The summed E-state index contributed by atoms with van der Waals surface area (Å²) in [7, 11) is 4.63. The second-order valence-corrected chi connectivity index (χ2v) is 4.89. The zero-order chi connectivity index (χ0) is 14.5. The van der Waals surface area contributed by atoms with Crippen LogP contribution in [0.5, 0.6) is 29.0 Å². The SMILES string of the molecule is COc1cc(Oc2ncc(I)cn2)cc(OC)c1OC. The first kappa shape index (κ1) is 14.6. The summed E-state index contributed by atoms with van der Waals surface area (Å²) >= 11 is 2.12. The summed E-state index contributed by atoms with van der Waals surface area (Å²) in [6.07, 6.45) is 3.34. The van der Waals surface area contributed by atoms with Gasteiger partial charge < -0.3 is 18.9 Å². The molecule has 0 radical (unpaired) electrons. The standard InChI is InChI=1S/C13H13IN2O4/c1-17-10-4-9(5-11(18-2)12(10)19-3)20-13-15-6-8(14)7-16-13/h4-7H,1-3H3. The number of hydrogen-bond acceptors (Lipinski definition) is 6. The molecule has 0 saturated heterocycles. The number of methoxy groups -OCH3 is 3. The van der Waals surface area contributed by atoms with Crippen molar-refractivity contribution in [2.45, 2.75) is 0 Å². The molecule has 1 heterocycles. The van der Waals surface area contributed by atoms with E-state index < -0.39 is 0 Å². The highest BCUT2D eigenvalue weighted by Crippen LogP contribution is 2.41. The summed E-state index contributed by atoms with van der Waals surface area (Å²) in [5, 5.41) is 0. The Hall–Kier alpha value is -1.77. The zero-order valence-corrected chi connectivity index (χ0v) is 13.4. The smallest absolute Gasteiger partial charge is 0.321 e. The van der Waals surface area contributed by atoms with Crippen molar-refractivity contribution in [3.8, 4) is 29.0 Å². The van der Waals surface area contributed by atoms with Gasteiger partial charge in [-0.1, -0.05) is 0 Å². The average molecular weight is 388 g/mol. The molecule has 7 heteroatoms. The van der Waals surface area contributed by atoms with Gasteiger partial charge >= 0.3 is 6.01 Å². The lowest BCUT2D eigenvalue weighted by molar-refractivity contribution is 0.320. The van der Waals surface area contributed by atoms with Crippen LogP contribution in [0.25, 0.3) is 0 Å². The first-order valence-corrected chi connectivity index (χ1v) is 6.71. The molecule has 20 heavy (non-hydrogen) atoms. The van der Waals surface area contributed by atoms with Crippen molar-refractivity contribution in [3.05, 3.63) is 28.1 Å². The number of halogens is 1. The molecule has 1 aromatic heterocycles. The van der Waals surface area contributed by atoms with E-state index >= 15 is 0 Å². The fourth-order valence-corrected chi connectivity index (χ4v) is 1.85. The van der Waals surface area contributed by atoms with Gasteiger partial charge in [-0.15, -0.1) is 0 Å². The molecule has 1 aromatic carbocycles. The summed E-state index contributed by atoms with van der Waals surface area (Å²) in [6.45, 7) is 0. The molecule has 0 N–H and O–H groups in total. The number of benzene rings is 1. The first-order chi connectivity index (χ1) is 9.67. The molecule has 2 rings (SSSR count). The predicted octanol–water partition coefficient (Wildman–Crippen LogP) is 2.90. The van der Waals surface area contributed by atoms with Crippen LogP contribution in [0.1, 0.15) is 0 Å². The van der Waals surface area contributed by atoms with Gasteiger partial charge in [0.25, 0.3) is 0 Å². The van der Waals surface area contributed by atoms with Gasteiger partial charge in [0.1, 0.15) is 5.75 Å². The van der Waals surface area contributed by atoms with Gasteiger partial charge in [0.05, 0.1) is 21.3 Å². The van der Waals surface area contributed by atoms with E-state index in [9.17, 15) is 0 Å². The molecule has 0 saturated carbocycles. The second-order valence-electron chi connectivity index (χ2n) is 3.65. The highest BCUT2D eigenvalue weighted by molar-refractivity contribution is 14.1. The maximum Gasteiger partial charge on any atom is 0.321 e. The predicted molar refractivity (Wildman–Crippen MR) is 80.9 cm³/mol. The van der Waals surface area contributed by atoms with Crippen molar-refractivity contribution >= 4 is 22.6 Å². The van der Waals surface area contributed by atoms with Gasteiger partial charge in [0.2, 0.25) is 5.75 Å². The lowest BCUT2D eigenvalue weighted by atomic mass is 10.2. The van der Waals surface area contributed by atoms with E-state index in [2.05, 4.69) is 32.6 Å². The third-order valence-electron chi connectivity index (χ3n) is 2.44. The molecule has 0 unspecified atom stereocenters. The third-order valence-corrected chi connectivity index (χ3v) is 3.00. The Balaban J connectivity index is 2.34. The van der Waals surface area contributed by atoms with Crippen LogP contribution in [0.3, 0.4) is 0 Å². The number of rotatable bonds is 5. The Morgan fingerprint density at radius 3 is 1.90 bits per heavy atom. The summed E-state index contributed by atoms with van der Waals surface area (Å²) in [4.78, 5) is 8.15. The molecule has 2 aromatic rings. The van der Waals surface area contributed by atoms with Crippen LogP contribution in [-0.2, 0) is 0 Å². The van der Waals surface area contributed by atoms with Gasteiger partial charge in [-0.3, -0.25) is 0 Å². The summed E-state index contributed by atoms with van der Waals surface area (Å²) in [5.74, 6) is 2.02. The van der Waals surface area contributed by atoms with Gasteiger partial charge in [0, 0.05) is 28.1 Å². The van der Waals surface area contributed by atoms with Crippen LogP contribution >= 0.6 is 22.6 Å². The number of hydrogen-bond donors (Lipinski definition) is 0.